The number of hydrogen-bond acceptors (Lipinski definition) is 3. The van der Waals surface area contributed by atoms with Gasteiger partial charge >= 0.3 is 0 Å². The first-order valence-corrected chi connectivity index (χ1v) is 7.13. The summed E-state index contributed by atoms with van der Waals surface area (Å²) in [5, 5.41) is 0.576. The van der Waals surface area contributed by atoms with Gasteiger partial charge in [-0.2, -0.15) is 0 Å². The molecule has 2 unspecified atom stereocenters. The van der Waals surface area contributed by atoms with Crippen molar-refractivity contribution in [2.75, 3.05) is 0 Å². The van der Waals surface area contributed by atoms with Crippen LogP contribution < -0.4 is 0 Å². The fraction of sp³-hybridized carbons (Fsp3) is 0.357. The molecule has 104 valence electrons. The summed E-state index contributed by atoms with van der Waals surface area (Å²) in [5.41, 5.74) is 3.24. The molecule has 3 nitrogen and oxygen atoms in total. The average molecular weight is 312 g/mol. The molecule has 0 amide bonds. The lowest BCUT2D eigenvalue weighted by Gasteiger charge is -2.12. The first-order chi connectivity index (χ1) is 9.56. The van der Waals surface area contributed by atoms with Gasteiger partial charge in [-0.1, -0.05) is 17.7 Å². The molecule has 0 aromatic carbocycles. The van der Waals surface area contributed by atoms with Crippen molar-refractivity contribution in [3.8, 4) is 0 Å². The van der Waals surface area contributed by atoms with Crippen LogP contribution >= 0.6 is 23.2 Å². The van der Waals surface area contributed by atoms with Gasteiger partial charge in [0.15, 0.2) is 0 Å². The molecule has 2 atom stereocenters. The number of halogens is 3. The SMILES string of the molecule is CC(F)c1ccc(C2CCc3c(Cl)nc(Cl)nc32)cn1. The van der Waals surface area contributed by atoms with Crippen LogP contribution in [-0.2, 0) is 6.42 Å². The predicted octanol–water partition coefficient (Wildman–Crippen LogP) is 4.29. The highest BCUT2D eigenvalue weighted by Crippen LogP contribution is 2.39. The van der Waals surface area contributed by atoms with Gasteiger partial charge in [0, 0.05) is 17.7 Å². The van der Waals surface area contributed by atoms with Crippen LogP contribution in [0.3, 0.4) is 0 Å². The summed E-state index contributed by atoms with van der Waals surface area (Å²) in [6, 6.07) is 3.60. The highest BCUT2D eigenvalue weighted by molar-refractivity contribution is 6.32. The van der Waals surface area contributed by atoms with Crippen molar-refractivity contribution in [1.29, 1.82) is 0 Å². The van der Waals surface area contributed by atoms with Crippen LogP contribution in [0.15, 0.2) is 18.3 Å². The number of rotatable bonds is 2. The maximum atomic E-state index is 13.2. The van der Waals surface area contributed by atoms with Crippen LogP contribution in [0.25, 0.3) is 0 Å². The van der Waals surface area contributed by atoms with E-state index in [4.69, 9.17) is 23.2 Å². The van der Waals surface area contributed by atoms with E-state index in [-0.39, 0.29) is 11.2 Å². The zero-order valence-corrected chi connectivity index (χ0v) is 12.3. The van der Waals surface area contributed by atoms with E-state index < -0.39 is 6.17 Å². The van der Waals surface area contributed by atoms with Crippen LogP contribution in [0, 0.1) is 0 Å². The van der Waals surface area contributed by atoms with Gasteiger partial charge in [0.25, 0.3) is 0 Å². The summed E-state index contributed by atoms with van der Waals surface area (Å²) in [7, 11) is 0. The normalized spacial score (nSPS) is 18.9. The number of nitrogens with zero attached hydrogens (tertiary/aromatic N) is 3. The Balaban J connectivity index is 1.98. The first-order valence-electron chi connectivity index (χ1n) is 6.38. The van der Waals surface area contributed by atoms with Crippen molar-refractivity contribution in [3.63, 3.8) is 0 Å². The van der Waals surface area contributed by atoms with E-state index >= 15 is 0 Å². The van der Waals surface area contributed by atoms with Crippen LogP contribution in [0.2, 0.25) is 10.4 Å². The molecule has 2 heterocycles. The van der Waals surface area contributed by atoms with Crippen LogP contribution in [0.5, 0.6) is 0 Å². The summed E-state index contributed by atoms with van der Waals surface area (Å²) < 4.78 is 13.2. The zero-order valence-electron chi connectivity index (χ0n) is 10.8. The average Bonchev–Trinajstić information content (AvgIpc) is 2.82. The molecule has 0 radical (unpaired) electrons. The maximum Gasteiger partial charge on any atom is 0.224 e. The lowest BCUT2D eigenvalue weighted by atomic mass is 9.98. The lowest BCUT2D eigenvalue weighted by molar-refractivity contribution is 0.365. The van der Waals surface area contributed by atoms with Gasteiger partial charge in [0.1, 0.15) is 11.3 Å². The molecule has 2 aromatic heterocycles. The Morgan fingerprint density at radius 2 is 2.10 bits per heavy atom. The van der Waals surface area contributed by atoms with Gasteiger partial charge in [0.05, 0.1) is 11.4 Å². The maximum absolute atomic E-state index is 13.2. The second kappa shape index (κ2) is 5.26. The van der Waals surface area contributed by atoms with Crippen molar-refractivity contribution < 1.29 is 4.39 Å². The smallest absolute Gasteiger partial charge is 0.224 e. The molecule has 20 heavy (non-hydrogen) atoms. The van der Waals surface area contributed by atoms with E-state index in [1.807, 2.05) is 6.07 Å². The van der Waals surface area contributed by atoms with E-state index in [2.05, 4.69) is 15.0 Å². The topological polar surface area (TPSA) is 38.7 Å². The van der Waals surface area contributed by atoms with E-state index in [9.17, 15) is 4.39 Å². The first kappa shape index (κ1) is 13.7. The number of hydrogen-bond donors (Lipinski definition) is 0. The summed E-state index contributed by atoms with van der Waals surface area (Å²) >= 11 is 12.0. The molecule has 0 bridgehead atoms. The largest absolute Gasteiger partial charge is 0.258 e. The minimum absolute atomic E-state index is 0.0967. The third-order valence-electron chi connectivity index (χ3n) is 3.59. The van der Waals surface area contributed by atoms with Gasteiger partial charge in [0.2, 0.25) is 5.28 Å². The Labute approximate surface area is 126 Å². The van der Waals surface area contributed by atoms with Gasteiger partial charge < -0.3 is 0 Å². The fourth-order valence-electron chi connectivity index (χ4n) is 2.57. The third-order valence-corrected chi connectivity index (χ3v) is 4.08. The molecule has 3 rings (SSSR count). The Bertz CT molecular complexity index is 644. The van der Waals surface area contributed by atoms with Gasteiger partial charge in [-0.25, -0.2) is 14.4 Å². The quantitative estimate of drug-likeness (QED) is 0.613. The fourth-order valence-corrected chi connectivity index (χ4v) is 3.06. The number of aromatic nitrogens is 3. The minimum atomic E-state index is -1.06. The molecular formula is C14H12Cl2FN3. The molecule has 0 spiro atoms. The summed E-state index contributed by atoms with van der Waals surface area (Å²) in [6.07, 6.45) is 2.34. The third kappa shape index (κ3) is 2.38. The van der Waals surface area contributed by atoms with E-state index in [1.165, 1.54) is 6.92 Å². The summed E-state index contributed by atoms with van der Waals surface area (Å²) in [5.74, 6) is 0.0967. The molecular weight excluding hydrogens is 300 g/mol. The Morgan fingerprint density at radius 3 is 2.75 bits per heavy atom. The molecule has 1 aliphatic rings. The molecule has 0 saturated carbocycles. The highest BCUT2D eigenvalue weighted by Gasteiger charge is 2.29. The van der Waals surface area contributed by atoms with Gasteiger partial charge in [-0.15, -0.1) is 0 Å². The zero-order chi connectivity index (χ0) is 14.3. The minimum Gasteiger partial charge on any atom is -0.258 e. The molecule has 0 fully saturated rings. The van der Waals surface area contributed by atoms with E-state index in [1.54, 1.807) is 12.3 Å². The van der Waals surface area contributed by atoms with Crippen LogP contribution in [0.1, 0.15) is 47.9 Å². The van der Waals surface area contributed by atoms with Crippen molar-refractivity contribution in [2.24, 2.45) is 0 Å². The van der Waals surface area contributed by atoms with Gasteiger partial charge in [-0.05, 0) is 43.0 Å². The van der Waals surface area contributed by atoms with Crippen molar-refractivity contribution >= 4 is 23.2 Å². The Hall–Kier alpha value is -1.26. The second-order valence-electron chi connectivity index (χ2n) is 4.87. The van der Waals surface area contributed by atoms with E-state index in [0.29, 0.717) is 10.8 Å². The van der Waals surface area contributed by atoms with Gasteiger partial charge in [-0.3, -0.25) is 4.98 Å². The van der Waals surface area contributed by atoms with Crippen molar-refractivity contribution in [1.82, 2.24) is 15.0 Å². The molecule has 0 saturated heterocycles. The van der Waals surface area contributed by atoms with Crippen molar-refractivity contribution in [3.05, 3.63) is 51.3 Å². The molecule has 0 N–H and O–H groups in total. The standard InChI is InChI=1S/C14H12Cl2FN3/c1-7(17)11-5-2-8(6-18-11)9-3-4-10-12(9)19-14(16)20-13(10)15/h2,5-7,9H,3-4H2,1H3. The number of alkyl halides is 1. The number of pyridine rings is 1. The molecule has 0 aliphatic heterocycles. The predicted molar refractivity (Wildman–Crippen MR) is 76.0 cm³/mol. The Morgan fingerprint density at radius 1 is 1.30 bits per heavy atom. The van der Waals surface area contributed by atoms with Crippen molar-refractivity contribution in [2.45, 2.75) is 31.9 Å². The van der Waals surface area contributed by atoms with Crippen LogP contribution in [-0.4, -0.2) is 15.0 Å². The molecule has 1 aliphatic carbocycles. The monoisotopic (exact) mass is 311 g/mol. The van der Waals surface area contributed by atoms with Crippen LogP contribution in [0.4, 0.5) is 4.39 Å². The second-order valence-corrected chi connectivity index (χ2v) is 5.57. The van der Waals surface area contributed by atoms with E-state index in [0.717, 1.165) is 29.7 Å². The summed E-state index contributed by atoms with van der Waals surface area (Å²) in [6.45, 7) is 1.47. The number of fused-ring (bicyclic) bond motifs is 1. The lowest BCUT2D eigenvalue weighted by Crippen LogP contribution is -2.02. The highest BCUT2D eigenvalue weighted by atomic mass is 35.5. The molecule has 2 aromatic rings. The molecule has 6 heteroatoms. The summed E-state index contributed by atoms with van der Waals surface area (Å²) in [4.78, 5) is 12.4. The Kier molecular flexibility index (Phi) is 3.61.